The first-order chi connectivity index (χ1) is 32.1. The Bertz CT molecular complexity index is 2570. The number of aliphatic hydroxyl groups is 3. The molecule has 2 aliphatic heterocycles. The molecule has 0 saturated carbocycles. The maximum Gasteiger partial charge on any atom is 1.00 e. The number of carbonyl (C=O) groups excluding carboxylic acids is 1. The SMILES string of the molecule is CS[C@H]1C(c2ccc(C)c(Cc3ccc(-c4cccc(N)c4)s3)c2)O[C@H](C)[C@@H](C)[C@@H]1OC(C)=O.CS[C@H]1OC(c2ccc(C)c(Cc3ccc(-c4cccc(N)c4)s3)c2)[C@H](O)[C@@H](O)[C@@H]1O.C[O-].[Na+]. The number of nitrogens with two attached hydrogens (primary N) is 2. The van der Waals surface area contributed by atoms with Crippen LogP contribution in [-0.2, 0) is 31.8 Å². The number of hydrogen-bond donors (Lipinski definition) is 5. The Balaban J connectivity index is 0.000000243. The van der Waals surface area contributed by atoms with Gasteiger partial charge in [-0.15, -0.1) is 34.4 Å². The first-order valence-corrected chi connectivity index (χ1v) is 26.4. The normalized spacial score (nSPS) is 24.4. The third-order valence-electron chi connectivity index (χ3n) is 12.4. The van der Waals surface area contributed by atoms with Gasteiger partial charge in [-0.25, -0.2) is 0 Å². The number of rotatable bonds is 11. The summed E-state index contributed by atoms with van der Waals surface area (Å²) in [7, 11) is 0.750. The Hall–Kier alpha value is -3.19. The minimum absolute atomic E-state index is 0. The molecule has 2 aromatic heterocycles. The van der Waals surface area contributed by atoms with Crippen molar-refractivity contribution in [3.63, 3.8) is 0 Å². The average Bonchev–Trinajstić information content (AvgIpc) is 4.00. The van der Waals surface area contributed by atoms with Gasteiger partial charge in [-0.05, 0) is 126 Å². The number of esters is 1. The van der Waals surface area contributed by atoms with Crippen LogP contribution in [0.25, 0.3) is 20.9 Å². The first-order valence-electron chi connectivity index (χ1n) is 22.2. The molecular formula is C53H63N2NaO8S4. The Morgan fingerprint density at radius 3 is 1.63 bits per heavy atom. The molecule has 15 heteroatoms. The van der Waals surface area contributed by atoms with Crippen molar-refractivity contribution < 1.29 is 69.0 Å². The molecule has 0 radical (unpaired) electrons. The molecule has 8 rings (SSSR count). The monoisotopic (exact) mass is 1010 g/mol. The summed E-state index contributed by atoms with van der Waals surface area (Å²) in [6.45, 7) is 9.89. The van der Waals surface area contributed by atoms with Crippen molar-refractivity contribution in [3.8, 4) is 20.9 Å². The number of ether oxygens (including phenoxy) is 3. The Morgan fingerprint density at radius 1 is 0.676 bits per heavy atom. The van der Waals surface area contributed by atoms with Crippen molar-refractivity contribution in [1.82, 2.24) is 0 Å². The molecule has 10 atom stereocenters. The van der Waals surface area contributed by atoms with E-state index in [0.717, 1.165) is 64.7 Å². The summed E-state index contributed by atoms with van der Waals surface area (Å²) in [5, 5.41) is 39.2. The van der Waals surface area contributed by atoms with Crippen molar-refractivity contribution >= 4 is 63.5 Å². The van der Waals surface area contributed by atoms with Gasteiger partial charge in [-0.3, -0.25) is 4.79 Å². The second-order valence-corrected chi connectivity index (χ2v) is 21.3. The van der Waals surface area contributed by atoms with Crippen LogP contribution in [-0.4, -0.2) is 82.1 Å². The maximum absolute atomic E-state index is 11.8. The first kappa shape index (κ1) is 55.7. The molecule has 0 aliphatic carbocycles. The molecule has 0 bridgehead atoms. The van der Waals surface area contributed by atoms with E-state index in [-0.39, 0.29) is 65.0 Å². The summed E-state index contributed by atoms with van der Waals surface area (Å²) in [6, 6.07) is 37.1. The number of benzene rings is 4. The molecule has 4 aromatic carbocycles. The molecule has 6 aromatic rings. The van der Waals surface area contributed by atoms with Crippen LogP contribution in [0, 0.1) is 19.8 Å². The summed E-state index contributed by atoms with van der Waals surface area (Å²) in [5.41, 5.74) is 21.9. The van der Waals surface area contributed by atoms with Crippen LogP contribution < -0.4 is 46.1 Å². The molecule has 4 heterocycles. The Morgan fingerprint density at radius 2 is 1.18 bits per heavy atom. The molecule has 10 nitrogen and oxygen atoms in total. The zero-order valence-electron chi connectivity index (χ0n) is 40.3. The number of hydrogen-bond acceptors (Lipinski definition) is 14. The predicted molar refractivity (Wildman–Crippen MR) is 277 cm³/mol. The third kappa shape index (κ3) is 13.6. The van der Waals surface area contributed by atoms with Gasteiger partial charge in [-0.2, -0.15) is 18.9 Å². The number of aryl methyl sites for hydroxylation is 2. The van der Waals surface area contributed by atoms with Gasteiger partial charge in [-0.1, -0.05) is 67.6 Å². The number of aliphatic hydroxyl groups excluding tert-OH is 3. The molecular weight excluding hydrogens is 944 g/mol. The van der Waals surface area contributed by atoms with Crippen LogP contribution in [0.15, 0.2) is 109 Å². The second kappa shape index (κ2) is 25.8. The van der Waals surface area contributed by atoms with Gasteiger partial charge in [0.1, 0.15) is 36.0 Å². The van der Waals surface area contributed by atoms with Gasteiger partial charge in [0.15, 0.2) is 0 Å². The average molecular weight is 1010 g/mol. The molecule has 2 saturated heterocycles. The minimum atomic E-state index is -1.25. The van der Waals surface area contributed by atoms with Gasteiger partial charge < -0.3 is 46.1 Å². The molecule has 358 valence electrons. The van der Waals surface area contributed by atoms with E-state index in [1.807, 2.05) is 60.9 Å². The topological polar surface area (TPSA) is 181 Å². The third-order valence-corrected chi connectivity index (χ3v) is 16.6. The molecule has 0 amide bonds. The minimum Gasteiger partial charge on any atom is -0.857 e. The smallest absolute Gasteiger partial charge is 0.857 e. The second-order valence-electron chi connectivity index (χ2n) is 17.0. The number of thiophene rings is 2. The van der Waals surface area contributed by atoms with Gasteiger partial charge in [0.05, 0.1) is 17.5 Å². The van der Waals surface area contributed by atoms with E-state index in [2.05, 4.69) is 88.5 Å². The number of thioether (sulfide) groups is 2. The standard InChI is InChI=1S/C28H33NO3S2.C24H27NO4S2.CH3O.Na/c1-16-9-10-21(27-28(33-5)26(32-19(4)30)17(2)18(3)31-27)13-22(16)15-24-11-12-25(34-24)20-7-6-8-23(29)14-20;1-13-6-7-15(23-21(27)20(26)22(28)24(29-23)30-2)10-16(13)12-18-8-9-19(31-18)14-4-3-5-17(25)11-14;1-2;/h6-14,17-18,26-28H,15,29H2,1-5H3;3-11,20-24,26-28H,12,25H2,1-2H3;1H3;/q;;-1;+1/t17-,18-,26+,27?,28-;20-,21-,22+,23?,24-;;/m11../s1. The fraction of sp³-hybridized carbons (Fsp3) is 0.377. The molecule has 2 fully saturated rings. The summed E-state index contributed by atoms with van der Waals surface area (Å²) in [5.74, 6) is -0.0962. The van der Waals surface area contributed by atoms with Gasteiger partial charge in [0, 0.05) is 56.6 Å². The molecule has 2 aliphatic rings. The van der Waals surface area contributed by atoms with Crippen molar-refractivity contribution in [3.05, 3.63) is 152 Å². The van der Waals surface area contributed by atoms with E-state index in [1.54, 1.807) is 34.4 Å². The molecule has 7 N–H and O–H groups in total. The Labute approximate surface area is 440 Å². The number of carbonyl (C=O) groups is 1. The number of nitrogen functional groups attached to an aromatic ring is 2. The fourth-order valence-corrected chi connectivity index (χ4v) is 12.3. The summed E-state index contributed by atoms with van der Waals surface area (Å²) in [4.78, 5) is 16.7. The zero-order chi connectivity index (χ0) is 48.5. The van der Waals surface area contributed by atoms with Gasteiger partial charge >= 0.3 is 35.5 Å². The van der Waals surface area contributed by atoms with Crippen LogP contribution in [0.1, 0.15) is 76.1 Å². The van der Waals surface area contributed by atoms with Crippen molar-refractivity contribution in [2.45, 2.75) is 101 Å². The van der Waals surface area contributed by atoms with Crippen molar-refractivity contribution in [1.29, 1.82) is 0 Å². The van der Waals surface area contributed by atoms with Crippen LogP contribution in [0.2, 0.25) is 0 Å². The summed E-state index contributed by atoms with van der Waals surface area (Å²) >= 11 is 6.57. The maximum atomic E-state index is 11.8. The molecule has 2 unspecified atom stereocenters. The summed E-state index contributed by atoms with van der Waals surface area (Å²) < 4.78 is 18.2. The van der Waals surface area contributed by atoms with Crippen molar-refractivity contribution in [2.75, 3.05) is 31.1 Å². The Kier molecular flexibility index (Phi) is 21.1. The fourth-order valence-electron chi connectivity index (χ4n) is 8.51. The van der Waals surface area contributed by atoms with E-state index in [4.69, 9.17) is 30.8 Å². The van der Waals surface area contributed by atoms with Crippen molar-refractivity contribution in [2.24, 2.45) is 5.92 Å². The van der Waals surface area contributed by atoms with Crippen LogP contribution in [0.5, 0.6) is 0 Å². The quantitative estimate of drug-likeness (QED) is 0.0551. The number of anilines is 2. The molecule has 68 heavy (non-hydrogen) atoms. The van der Waals surface area contributed by atoms with Crippen LogP contribution >= 0.6 is 46.2 Å². The van der Waals surface area contributed by atoms with E-state index in [0.29, 0.717) is 0 Å². The van der Waals surface area contributed by atoms with E-state index < -0.39 is 29.9 Å². The largest absolute Gasteiger partial charge is 1.00 e. The molecule has 0 spiro atoms. The van der Waals surface area contributed by atoms with E-state index in [9.17, 15) is 20.1 Å². The van der Waals surface area contributed by atoms with E-state index in [1.165, 1.54) is 49.3 Å². The zero-order valence-corrected chi connectivity index (χ0v) is 45.5. The predicted octanol–water partition coefficient (Wildman–Crippen LogP) is 6.38. The van der Waals surface area contributed by atoms with Crippen LogP contribution in [0.4, 0.5) is 11.4 Å². The van der Waals surface area contributed by atoms with Gasteiger partial charge in [0.2, 0.25) is 0 Å². The van der Waals surface area contributed by atoms with E-state index >= 15 is 0 Å². The van der Waals surface area contributed by atoms with Gasteiger partial charge in [0.25, 0.3) is 0 Å². The van der Waals surface area contributed by atoms with Crippen LogP contribution in [0.3, 0.4) is 0 Å². The summed E-state index contributed by atoms with van der Waals surface area (Å²) in [6.07, 6.45) is 0.939.